The molecular formula is C31H35N3O5. The first kappa shape index (κ1) is 26.7. The summed E-state index contributed by atoms with van der Waals surface area (Å²) in [5, 5.41) is 29.2. The number of carbonyl (C=O) groups excluding carboxylic acids is 1. The lowest BCUT2D eigenvalue weighted by molar-refractivity contribution is 0.0342. The van der Waals surface area contributed by atoms with E-state index >= 15 is 0 Å². The van der Waals surface area contributed by atoms with Gasteiger partial charge < -0.3 is 24.8 Å². The second-order valence-corrected chi connectivity index (χ2v) is 10.1. The molecule has 8 heteroatoms. The van der Waals surface area contributed by atoms with Crippen LogP contribution in [0.15, 0.2) is 76.7 Å². The molecule has 3 N–H and O–H groups in total. The fourth-order valence-corrected chi connectivity index (χ4v) is 5.47. The summed E-state index contributed by atoms with van der Waals surface area (Å²) in [7, 11) is 0. The van der Waals surface area contributed by atoms with E-state index in [4.69, 9.17) is 9.26 Å². The maximum Gasteiger partial charge on any atom is 0.274 e. The van der Waals surface area contributed by atoms with Crippen molar-refractivity contribution in [2.75, 3.05) is 32.8 Å². The molecule has 204 valence electrons. The second kappa shape index (κ2) is 11.5. The van der Waals surface area contributed by atoms with E-state index in [1.54, 1.807) is 0 Å². The van der Waals surface area contributed by atoms with Crippen molar-refractivity contribution in [3.05, 3.63) is 94.8 Å². The van der Waals surface area contributed by atoms with Gasteiger partial charge in [0.25, 0.3) is 5.91 Å². The van der Waals surface area contributed by atoms with Crippen LogP contribution in [0.2, 0.25) is 0 Å². The number of aliphatic hydroxyl groups is 2. The third-order valence-electron chi connectivity index (χ3n) is 7.71. The Balaban J connectivity index is 1.57. The van der Waals surface area contributed by atoms with E-state index in [1.165, 1.54) is 6.08 Å². The molecule has 8 nitrogen and oxygen atoms in total. The zero-order valence-corrected chi connectivity index (χ0v) is 22.4. The Labute approximate surface area is 228 Å². The molecule has 1 saturated heterocycles. The molecule has 1 fully saturated rings. The lowest BCUT2D eigenvalue weighted by Crippen LogP contribution is -2.35. The molecule has 5 rings (SSSR count). The quantitative estimate of drug-likeness (QED) is 0.359. The minimum absolute atomic E-state index is 0.0141. The molecule has 1 aliphatic carbocycles. The van der Waals surface area contributed by atoms with Crippen LogP contribution < -0.4 is 5.32 Å². The van der Waals surface area contributed by atoms with Crippen molar-refractivity contribution in [2.24, 2.45) is 0 Å². The van der Waals surface area contributed by atoms with E-state index in [0.717, 1.165) is 49.5 Å². The number of morpholine rings is 1. The van der Waals surface area contributed by atoms with Crippen molar-refractivity contribution in [3.63, 3.8) is 0 Å². The van der Waals surface area contributed by atoms with Crippen molar-refractivity contribution >= 4 is 11.5 Å². The van der Waals surface area contributed by atoms with Gasteiger partial charge in [0.2, 0.25) is 0 Å². The molecule has 1 atom stereocenters. The SMILES string of the molecule is CCNC(=O)c1noc(C2(CC)CC(c3ccccc3)=C(O)C=C2O)c1-c1ccc(CN2CCOCC2)cc1. The largest absolute Gasteiger partial charge is 0.511 e. The molecule has 2 aliphatic rings. The third-order valence-corrected chi connectivity index (χ3v) is 7.71. The number of nitrogens with zero attached hydrogens (tertiary/aromatic N) is 2. The minimum Gasteiger partial charge on any atom is -0.511 e. The first-order valence-electron chi connectivity index (χ1n) is 13.5. The molecule has 2 heterocycles. The number of aromatic nitrogens is 1. The topological polar surface area (TPSA) is 108 Å². The van der Waals surface area contributed by atoms with Crippen LogP contribution in [-0.4, -0.2) is 59.0 Å². The van der Waals surface area contributed by atoms with Gasteiger partial charge in [0.15, 0.2) is 11.5 Å². The molecule has 0 bridgehead atoms. The lowest BCUT2D eigenvalue weighted by atomic mass is 9.69. The van der Waals surface area contributed by atoms with Crippen LogP contribution in [0, 0.1) is 0 Å². The highest BCUT2D eigenvalue weighted by Crippen LogP contribution is 2.50. The van der Waals surface area contributed by atoms with Gasteiger partial charge in [-0.05, 0) is 36.5 Å². The Morgan fingerprint density at radius 1 is 1.03 bits per heavy atom. The van der Waals surface area contributed by atoms with Crippen molar-refractivity contribution in [2.45, 2.75) is 38.6 Å². The summed E-state index contributed by atoms with van der Waals surface area (Å²) >= 11 is 0. The Morgan fingerprint density at radius 3 is 2.41 bits per heavy atom. The molecule has 39 heavy (non-hydrogen) atoms. The van der Waals surface area contributed by atoms with E-state index in [-0.39, 0.29) is 29.5 Å². The molecule has 0 radical (unpaired) electrons. The number of carbonyl (C=O) groups is 1. The predicted octanol–water partition coefficient (Wildman–Crippen LogP) is 5.39. The van der Waals surface area contributed by atoms with Crippen molar-refractivity contribution in [1.82, 2.24) is 15.4 Å². The maximum absolute atomic E-state index is 13.1. The van der Waals surface area contributed by atoms with Gasteiger partial charge in [0.05, 0.1) is 24.2 Å². The van der Waals surface area contributed by atoms with Crippen molar-refractivity contribution in [3.8, 4) is 11.1 Å². The van der Waals surface area contributed by atoms with E-state index in [2.05, 4.69) is 27.5 Å². The van der Waals surface area contributed by atoms with Crippen LogP contribution in [0.25, 0.3) is 16.7 Å². The van der Waals surface area contributed by atoms with E-state index in [0.29, 0.717) is 29.9 Å². The van der Waals surface area contributed by atoms with Gasteiger partial charge in [-0.25, -0.2) is 0 Å². The molecule has 3 aromatic rings. The van der Waals surface area contributed by atoms with Crippen LogP contribution in [0.1, 0.15) is 54.1 Å². The number of amides is 1. The smallest absolute Gasteiger partial charge is 0.274 e. The number of aliphatic hydroxyl groups excluding tert-OH is 2. The minimum atomic E-state index is -1.02. The fourth-order valence-electron chi connectivity index (χ4n) is 5.47. The van der Waals surface area contributed by atoms with Gasteiger partial charge >= 0.3 is 0 Å². The summed E-state index contributed by atoms with van der Waals surface area (Å²) < 4.78 is 11.4. The highest BCUT2D eigenvalue weighted by molar-refractivity contribution is 5.99. The molecule has 0 saturated carbocycles. The van der Waals surface area contributed by atoms with Crippen LogP contribution in [0.3, 0.4) is 0 Å². The number of hydrogen-bond acceptors (Lipinski definition) is 7. The van der Waals surface area contributed by atoms with Gasteiger partial charge in [-0.1, -0.05) is 66.7 Å². The van der Waals surface area contributed by atoms with Gasteiger partial charge in [-0.3, -0.25) is 9.69 Å². The van der Waals surface area contributed by atoms with Crippen LogP contribution in [-0.2, 0) is 16.7 Å². The Hall–Kier alpha value is -3.88. The van der Waals surface area contributed by atoms with E-state index in [9.17, 15) is 15.0 Å². The zero-order valence-electron chi connectivity index (χ0n) is 22.4. The Bertz CT molecular complexity index is 1370. The van der Waals surface area contributed by atoms with Crippen LogP contribution >= 0.6 is 0 Å². The first-order valence-corrected chi connectivity index (χ1v) is 13.5. The Morgan fingerprint density at radius 2 is 1.74 bits per heavy atom. The summed E-state index contributed by atoms with van der Waals surface area (Å²) in [6, 6.07) is 17.7. The van der Waals surface area contributed by atoms with E-state index < -0.39 is 5.41 Å². The highest BCUT2D eigenvalue weighted by Gasteiger charge is 2.46. The monoisotopic (exact) mass is 529 g/mol. The Kier molecular flexibility index (Phi) is 7.86. The van der Waals surface area contributed by atoms with Crippen molar-refractivity contribution in [1.29, 1.82) is 0 Å². The first-order chi connectivity index (χ1) is 19.0. The average Bonchev–Trinajstić information content (AvgIpc) is 3.41. The van der Waals surface area contributed by atoms with Crippen LogP contribution in [0.5, 0.6) is 0 Å². The number of nitrogens with one attached hydrogen (secondary N) is 1. The van der Waals surface area contributed by atoms with Crippen molar-refractivity contribution < 1.29 is 24.3 Å². The molecule has 2 aromatic carbocycles. The molecule has 0 spiro atoms. The van der Waals surface area contributed by atoms with Gasteiger partial charge in [-0.2, -0.15) is 0 Å². The number of hydrogen-bond donors (Lipinski definition) is 3. The summed E-state index contributed by atoms with van der Waals surface area (Å²) in [6.07, 6.45) is 2.14. The number of allylic oxidation sites excluding steroid dienone is 3. The van der Waals surface area contributed by atoms with Gasteiger partial charge in [0.1, 0.15) is 11.5 Å². The fraction of sp³-hybridized carbons (Fsp3) is 0.355. The zero-order chi connectivity index (χ0) is 27.4. The average molecular weight is 530 g/mol. The number of rotatable bonds is 8. The predicted molar refractivity (Wildman–Crippen MR) is 149 cm³/mol. The molecule has 1 aromatic heterocycles. The second-order valence-electron chi connectivity index (χ2n) is 10.1. The molecule has 1 amide bonds. The standard InChI is InChI=1S/C31H35N3O5/c1-3-31(19-24(25(35)18-26(31)36)22-8-6-5-7-9-22)29-27(28(33-39-29)30(37)32-4-2)23-12-10-21(11-13-23)20-34-14-16-38-17-15-34/h5-13,18,35-36H,3-4,14-17,19-20H2,1-2H3,(H,32,37). The number of benzene rings is 2. The number of ether oxygens (including phenoxy) is 1. The molecule has 1 aliphatic heterocycles. The summed E-state index contributed by atoms with van der Waals surface area (Å²) in [5.41, 5.74) is 3.19. The summed E-state index contributed by atoms with van der Waals surface area (Å²) in [6.45, 7) is 8.34. The summed E-state index contributed by atoms with van der Waals surface area (Å²) in [5.74, 6) is 0.0557. The molecule has 1 unspecified atom stereocenters. The van der Waals surface area contributed by atoms with Crippen LogP contribution in [0.4, 0.5) is 0 Å². The highest BCUT2D eigenvalue weighted by atomic mass is 16.5. The summed E-state index contributed by atoms with van der Waals surface area (Å²) in [4.78, 5) is 15.4. The van der Waals surface area contributed by atoms with E-state index in [1.807, 2.05) is 56.3 Å². The molecular weight excluding hydrogens is 494 g/mol. The maximum atomic E-state index is 13.1. The normalized spacial score (nSPS) is 20.1. The third kappa shape index (κ3) is 5.22. The van der Waals surface area contributed by atoms with Gasteiger partial charge in [-0.15, -0.1) is 0 Å². The lowest BCUT2D eigenvalue weighted by Gasteiger charge is -2.34. The van der Waals surface area contributed by atoms with Gasteiger partial charge in [0, 0.05) is 37.8 Å².